The molecule has 0 N–H and O–H groups in total. The zero-order valence-corrected chi connectivity index (χ0v) is 20.7. The Morgan fingerprint density at radius 2 is 1.25 bits per heavy atom. The van der Waals surface area contributed by atoms with Crippen molar-refractivity contribution in [1.29, 1.82) is 0 Å². The van der Waals surface area contributed by atoms with E-state index in [1.165, 1.54) is 107 Å². The Morgan fingerprint density at radius 3 is 1.91 bits per heavy atom. The van der Waals surface area contributed by atoms with Crippen molar-refractivity contribution in [1.82, 2.24) is 0 Å². The first-order valence-electron chi connectivity index (χ1n) is 13.5. The Morgan fingerprint density at radius 1 is 0.656 bits per heavy atom. The van der Waals surface area contributed by atoms with Crippen LogP contribution in [-0.2, 0) is 6.42 Å². The standard InChI is InChI=1S/C32H44/c1-3-5-7-8-10-12-27-13-15-29(16-14-27)17-18-30-21-25-32(26-22-30)31-23-19-28(20-24-31)11-9-6-4-2/h19-27,29H,3-16H2,1-2H3. The van der Waals surface area contributed by atoms with Gasteiger partial charge in [-0.25, -0.2) is 0 Å². The number of hydrogen-bond donors (Lipinski definition) is 0. The van der Waals surface area contributed by atoms with Crippen molar-refractivity contribution in [3.8, 4) is 23.0 Å². The first kappa shape index (κ1) is 24.6. The fraction of sp³-hybridized carbons (Fsp3) is 0.562. The smallest absolute Gasteiger partial charge is 0.0245 e. The molecule has 32 heavy (non-hydrogen) atoms. The van der Waals surface area contributed by atoms with Gasteiger partial charge in [-0.3, -0.25) is 0 Å². The van der Waals surface area contributed by atoms with Crippen molar-refractivity contribution in [2.24, 2.45) is 11.8 Å². The van der Waals surface area contributed by atoms with Crippen molar-refractivity contribution in [3.05, 3.63) is 59.7 Å². The van der Waals surface area contributed by atoms with Crippen LogP contribution in [0.3, 0.4) is 0 Å². The minimum Gasteiger partial charge on any atom is -0.0945 e. The van der Waals surface area contributed by atoms with Crippen molar-refractivity contribution >= 4 is 0 Å². The van der Waals surface area contributed by atoms with Crippen LogP contribution in [0.4, 0.5) is 0 Å². The lowest BCUT2D eigenvalue weighted by Gasteiger charge is -2.25. The number of hydrogen-bond acceptors (Lipinski definition) is 0. The maximum absolute atomic E-state index is 3.58. The fourth-order valence-electron chi connectivity index (χ4n) is 5.01. The summed E-state index contributed by atoms with van der Waals surface area (Å²) >= 11 is 0. The molecule has 2 aromatic carbocycles. The van der Waals surface area contributed by atoms with Gasteiger partial charge < -0.3 is 0 Å². The molecule has 0 aromatic heterocycles. The van der Waals surface area contributed by atoms with Crippen molar-refractivity contribution in [2.75, 3.05) is 0 Å². The van der Waals surface area contributed by atoms with Gasteiger partial charge in [-0.05, 0) is 73.3 Å². The first-order chi connectivity index (χ1) is 15.8. The second-order valence-corrected chi connectivity index (χ2v) is 9.92. The quantitative estimate of drug-likeness (QED) is 0.247. The molecule has 0 saturated heterocycles. The number of rotatable bonds is 11. The zero-order chi connectivity index (χ0) is 22.4. The average molecular weight is 429 g/mol. The molecular formula is C32H44. The minimum atomic E-state index is 0.603. The third-order valence-electron chi connectivity index (χ3n) is 7.22. The van der Waals surface area contributed by atoms with Crippen LogP contribution in [0.25, 0.3) is 11.1 Å². The second kappa shape index (κ2) is 14.2. The van der Waals surface area contributed by atoms with E-state index in [2.05, 4.69) is 74.2 Å². The Hall–Kier alpha value is -2.00. The first-order valence-corrected chi connectivity index (χ1v) is 13.5. The van der Waals surface area contributed by atoms with Crippen LogP contribution < -0.4 is 0 Å². The molecule has 1 saturated carbocycles. The van der Waals surface area contributed by atoms with Gasteiger partial charge in [0.25, 0.3) is 0 Å². The summed E-state index contributed by atoms with van der Waals surface area (Å²) in [7, 11) is 0. The highest BCUT2D eigenvalue weighted by atomic mass is 14.2. The molecule has 0 spiro atoms. The summed E-state index contributed by atoms with van der Waals surface area (Å²) in [6, 6.07) is 18.0. The third-order valence-corrected chi connectivity index (χ3v) is 7.22. The summed E-state index contributed by atoms with van der Waals surface area (Å²) in [6.07, 6.45) is 19.0. The summed E-state index contributed by atoms with van der Waals surface area (Å²) in [5.41, 5.74) is 5.20. The largest absolute Gasteiger partial charge is 0.0945 e. The summed E-state index contributed by atoms with van der Waals surface area (Å²) in [6.45, 7) is 4.56. The SMILES string of the molecule is CCCCCCCC1CCC(C#Cc2ccc(-c3ccc(CCCCC)cc3)cc2)CC1. The molecule has 1 aliphatic rings. The third kappa shape index (κ3) is 8.50. The molecule has 2 aromatic rings. The molecule has 1 fully saturated rings. The van der Waals surface area contributed by atoms with Gasteiger partial charge >= 0.3 is 0 Å². The highest BCUT2D eigenvalue weighted by molar-refractivity contribution is 5.64. The molecule has 0 bridgehead atoms. The van der Waals surface area contributed by atoms with Crippen LogP contribution >= 0.6 is 0 Å². The summed E-state index contributed by atoms with van der Waals surface area (Å²) in [5, 5.41) is 0. The van der Waals surface area contributed by atoms with Gasteiger partial charge in [-0.15, -0.1) is 0 Å². The van der Waals surface area contributed by atoms with Gasteiger partial charge in [0.2, 0.25) is 0 Å². The zero-order valence-electron chi connectivity index (χ0n) is 20.7. The predicted octanol–water partition coefficient (Wildman–Crippen LogP) is 9.60. The maximum Gasteiger partial charge on any atom is 0.0245 e. The molecule has 0 heterocycles. The fourth-order valence-corrected chi connectivity index (χ4v) is 5.01. The van der Waals surface area contributed by atoms with Crippen LogP contribution in [0.2, 0.25) is 0 Å². The normalized spacial score (nSPS) is 18.2. The molecule has 0 atom stereocenters. The monoisotopic (exact) mass is 428 g/mol. The van der Waals surface area contributed by atoms with Gasteiger partial charge in [0.05, 0.1) is 0 Å². The van der Waals surface area contributed by atoms with Crippen molar-refractivity contribution in [3.63, 3.8) is 0 Å². The van der Waals surface area contributed by atoms with Crippen LogP contribution in [-0.4, -0.2) is 0 Å². The summed E-state index contributed by atoms with van der Waals surface area (Å²) in [4.78, 5) is 0. The minimum absolute atomic E-state index is 0.603. The van der Waals surface area contributed by atoms with E-state index in [-0.39, 0.29) is 0 Å². The Labute approximate surface area is 198 Å². The van der Waals surface area contributed by atoms with E-state index < -0.39 is 0 Å². The molecule has 0 nitrogen and oxygen atoms in total. The molecule has 172 valence electrons. The lowest BCUT2D eigenvalue weighted by atomic mass is 9.80. The molecule has 0 unspecified atom stereocenters. The van der Waals surface area contributed by atoms with E-state index in [1.54, 1.807) is 0 Å². The molecule has 0 heteroatoms. The van der Waals surface area contributed by atoms with E-state index in [0.717, 1.165) is 11.5 Å². The van der Waals surface area contributed by atoms with Gasteiger partial charge in [-0.1, -0.05) is 113 Å². The van der Waals surface area contributed by atoms with E-state index in [1.807, 2.05) is 0 Å². The van der Waals surface area contributed by atoms with Gasteiger partial charge in [0.15, 0.2) is 0 Å². The Kier molecular flexibility index (Phi) is 10.9. The van der Waals surface area contributed by atoms with E-state index in [0.29, 0.717) is 5.92 Å². The van der Waals surface area contributed by atoms with Gasteiger partial charge in [0.1, 0.15) is 0 Å². The van der Waals surface area contributed by atoms with Gasteiger partial charge in [0, 0.05) is 11.5 Å². The van der Waals surface area contributed by atoms with Crippen molar-refractivity contribution in [2.45, 2.75) is 104 Å². The van der Waals surface area contributed by atoms with E-state index in [4.69, 9.17) is 0 Å². The lowest BCUT2D eigenvalue weighted by molar-refractivity contribution is 0.294. The summed E-state index contributed by atoms with van der Waals surface area (Å²) in [5.74, 6) is 8.61. The van der Waals surface area contributed by atoms with E-state index >= 15 is 0 Å². The summed E-state index contributed by atoms with van der Waals surface area (Å²) < 4.78 is 0. The molecule has 0 amide bonds. The van der Waals surface area contributed by atoms with Crippen LogP contribution in [0.1, 0.15) is 108 Å². The average Bonchev–Trinajstić information content (AvgIpc) is 2.84. The predicted molar refractivity (Wildman–Crippen MR) is 141 cm³/mol. The molecule has 0 aliphatic heterocycles. The van der Waals surface area contributed by atoms with Crippen LogP contribution in [0.15, 0.2) is 48.5 Å². The molecule has 3 rings (SSSR count). The molecular weight excluding hydrogens is 384 g/mol. The van der Waals surface area contributed by atoms with Crippen molar-refractivity contribution < 1.29 is 0 Å². The topological polar surface area (TPSA) is 0 Å². The second-order valence-electron chi connectivity index (χ2n) is 9.92. The lowest BCUT2D eigenvalue weighted by Crippen LogP contribution is -2.13. The Bertz CT molecular complexity index is 807. The number of aryl methyl sites for hydroxylation is 1. The van der Waals surface area contributed by atoms with Gasteiger partial charge in [-0.2, -0.15) is 0 Å². The number of unbranched alkanes of at least 4 members (excludes halogenated alkanes) is 6. The molecule has 1 aliphatic carbocycles. The maximum atomic E-state index is 3.58. The highest BCUT2D eigenvalue weighted by Crippen LogP contribution is 2.32. The highest BCUT2D eigenvalue weighted by Gasteiger charge is 2.19. The molecule has 0 radical (unpaired) electrons. The van der Waals surface area contributed by atoms with Crippen LogP contribution in [0.5, 0.6) is 0 Å². The number of benzene rings is 2. The Balaban J connectivity index is 1.43. The van der Waals surface area contributed by atoms with Crippen LogP contribution in [0, 0.1) is 23.7 Å². The van der Waals surface area contributed by atoms with E-state index in [9.17, 15) is 0 Å².